The summed E-state index contributed by atoms with van der Waals surface area (Å²) in [7, 11) is 0. The van der Waals surface area contributed by atoms with Crippen LogP contribution in [0.25, 0.3) is 0 Å². The summed E-state index contributed by atoms with van der Waals surface area (Å²) in [6.45, 7) is 1.01. The maximum Gasteiger partial charge on any atom is 0.256 e. The number of anilines is 1. The topological polar surface area (TPSA) is 40.6 Å². The van der Waals surface area contributed by atoms with Gasteiger partial charge in [-0.15, -0.1) is 0 Å². The van der Waals surface area contributed by atoms with Crippen molar-refractivity contribution in [3.8, 4) is 0 Å². The van der Waals surface area contributed by atoms with Crippen LogP contribution in [-0.4, -0.2) is 29.3 Å². The summed E-state index contributed by atoms with van der Waals surface area (Å²) in [5, 5.41) is 0.627. The number of amides is 2. The largest absolute Gasteiger partial charge is 0.327 e. The number of fused-ring (bicyclic) bond motifs is 2. The molecular formula is C19H17ClN2O2. The summed E-state index contributed by atoms with van der Waals surface area (Å²) in [4.78, 5) is 29.4. The molecule has 1 atom stereocenters. The summed E-state index contributed by atoms with van der Waals surface area (Å²) in [5.74, 6) is -0.0752. The SMILES string of the molecule is O=C1[C@@H]2CCCN2C(=O)c2ccccc2N1Cc1ccccc1Cl. The van der Waals surface area contributed by atoms with Crippen LogP contribution in [0.1, 0.15) is 28.8 Å². The number of hydrogen-bond donors (Lipinski definition) is 0. The molecule has 4 nitrogen and oxygen atoms in total. The lowest BCUT2D eigenvalue weighted by molar-refractivity contribution is -0.122. The number of benzene rings is 2. The predicted octanol–water partition coefficient (Wildman–Crippen LogP) is 3.49. The molecular weight excluding hydrogens is 324 g/mol. The summed E-state index contributed by atoms with van der Waals surface area (Å²) in [5.41, 5.74) is 2.13. The molecule has 0 unspecified atom stereocenters. The minimum absolute atomic E-state index is 0.0225. The van der Waals surface area contributed by atoms with E-state index in [1.807, 2.05) is 42.5 Å². The molecule has 5 heteroatoms. The van der Waals surface area contributed by atoms with Crippen molar-refractivity contribution in [2.45, 2.75) is 25.4 Å². The van der Waals surface area contributed by atoms with Crippen LogP contribution in [0.4, 0.5) is 5.69 Å². The lowest BCUT2D eigenvalue weighted by Gasteiger charge is -2.26. The first-order chi connectivity index (χ1) is 11.7. The Morgan fingerprint density at radius 3 is 2.62 bits per heavy atom. The number of carbonyl (C=O) groups is 2. The van der Waals surface area contributed by atoms with Gasteiger partial charge in [-0.05, 0) is 36.6 Å². The quantitative estimate of drug-likeness (QED) is 0.839. The number of rotatable bonds is 2. The Morgan fingerprint density at radius 2 is 1.79 bits per heavy atom. The van der Waals surface area contributed by atoms with Crippen molar-refractivity contribution in [3.63, 3.8) is 0 Å². The standard InChI is InChI=1S/C19H17ClN2O2/c20-15-8-3-1-6-13(15)12-22-16-9-4-2-7-14(16)18(23)21-11-5-10-17(21)19(22)24/h1-4,6-9,17H,5,10-12H2/t17-/m0/s1. The molecule has 4 rings (SSSR count). The van der Waals surface area contributed by atoms with Crippen molar-refractivity contribution < 1.29 is 9.59 Å². The van der Waals surface area contributed by atoms with E-state index < -0.39 is 0 Å². The summed E-state index contributed by atoms with van der Waals surface area (Å²) >= 11 is 6.28. The lowest BCUT2D eigenvalue weighted by Crippen LogP contribution is -2.44. The number of hydrogen-bond acceptors (Lipinski definition) is 2. The van der Waals surface area contributed by atoms with Crippen molar-refractivity contribution in [1.82, 2.24) is 4.90 Å². The fourth-order valence-corrected chi connectivity index (χ4v) is 3.77. The molecule has 2 aromatic rings. The molecule has 0 aliphatic carbocycles. The zero-order chi connectivity index (χ0) is 16.7. The molecule has 1 saturated heterocycles. The molecule has 0 N–H and O–H groups in total. The average Bonchev–Trinajstić information content (AvgIpc) is 3.07. The van der Waals surface area contributed by atoms with Crippen LogP contribution in [0.2, 0.25) is 5.02 Å². The van der Waals surface area contributed by atoms with Crippen molar-refractivity contribution >= 4 is 29.1 Å². The first-order valence-electron chi connectivity index (χ1n) is 8.11. The van der Waals surface area contributed by atoms with Gasteiger partial charge in [0.15, 0.2) is 0 Å². The third-order valence-electron chi connectivity index (χ3n) is 4.78. The van der Waals surface area contributed by atoms with Gasteiger partial charge in [0.05, 0.1) is 17.8 Å². The zero-order valence-electron chi connectivity index (χ0n) is 13.1. The number of para-hydroxylation sites is 1. The fraction of sp³-hybridized carbons (Fsp3) is 0.263. The third-order valence-corrected chi connectivity index (χ3v) is 5.15. The molecule has 0 radical (unpaired) electrons. The van der Waals surface area contributed by atoms with Crippen molar-refractivity contribution in [2.24, 2.45) is 0 Å². The smallest absolute Gasteiger partial charge is 0.256 e. The fourth-order valence-electron chi connectivity index (χ4n) is 3.57. The van der Waals surface area contributed by atoms with Crippen LogP contribution in [0.15, 0.2) is 48.5 Å². The van der Waals surface area contributed by atoms with Gasteiger partial charge in [0.1, 0.15) is 6.04 Å². The summed E-state index contributed by atoms with van der Waals surface area (Å²) in [6.07, 6.45) is 1.59. The molecule has 2 aromatic carbocycles. The van der Waals surface area contributed by atoms with E-state index in [1.165, 1.54) is 0 Å². The van der Waals surface area contributed by atoms with Crippen molar-refractivity contribution in [1.29, 1.82) is 0 Å². The second-order valence-electron chi connectivity index (χ2n) is 6.19. The normalized spacial score (nSPS) is 20.0. The molecule has 1 fully saturated rings. The third kappa shape index (κ3) is 2.38. The Balaban J connectivity index is 1.82. The van der Waals surface area contributed by atoms with Gasteiger partial charge in [-0.2, -0.15) is 0 Å². The molecule has 2 heterocycles. The van der Waals surface area contributed by atoms with Crippen LogP contribution >= 0.6 is 11.6 Å². The van der Waals surface area contributed by atoms with E-state index in [0.717, 1.165) is 18.4 Å². The Hall–Kier alpha value is -2.33. The minimum Gasteiger partial charge on any atom is -0.327 e. The number of nitrogens with zero attached hydrogens (tertiary/aromatic N) is 2. The van der Waals surface area contributed by atoms with E-state index in [2.05, 4.69) is 0 Å². The summed E-state index contributed by atoms with van der Waals surface area (Å²) in [6, 6.07) is 14.5. The van der Waals surface area contributed by atoms with Gasteiger partial charge in [0.25, 0.3) is 5.91 Å². The molecule has 24 heavy (non-hydrogen) atoms. The first-order valence-corrected chi connectivity index (χ1v) is 8.49. The summed E-state index contributed by atoms with van der Waals surface area (Å²) < 4.78 is 0. The lowest BCUT2D eigenvalue weighted by atomic mass is 10.1. The highest BCUT2D eigenvalue weighted by Crippen LogP contribution is 2.33. The predicted molar refractivity (Wildman–Crippen MR) is 93.1 cm³/mol. The first kappa shape index (κ1) is 15.2. The van der Waals surface area contributed by atoms with E-state index >= 15 is 0 Å². The van der Waals surface area contributed by atoms with Crippen molar-refractivity contribution in [3.05, 3.63) is 64.7 Å². The van der Waals surface area contributed by atoms with E-state index in [-0.39, 0.29) is 17.9 Å². The van der Waals surface area contributed by atoms with Crippen LogP contribution in [-0.2, 0) is 11.3 Å². The molecule has 0 bridgehead atoms. The zero-order valence-corrected chi connectivity index (χ0v) is 13.9. The highest BCUT2D eigenvalue weighted by Gasteiger charge is 2.41. The molecule has 0 spiro atoms. The molecule has 2 aliphatic rings. The Bertz CT molecular complexity index is 821. The van der Waals surface area contributed by atoms with Crippen LogP contribution in [0.3, 0.4) is 0 Å². The van der Waals surface area contributed by atoms with Gasteiger partial charge in [-0.3, -0.25) is 9.59 Å². The van der Waals surface area contributed by atoms with Gasteiger partial charge in [-0.25, -0.2) is 0 Å². The minimum atomic E-state index is -0.368. The van der Waals surface area contributed by atoms with Crippen LogP contribution in [0.5, 0.6) is 0 Å². The van der Waals surface area contributed by atoms with Gasteiger partial charge < -0.3 is 9.80 Å². The molecule has 122 valence electrons. The highest BCUT2D eigenvalue weighted by atomic mass is 35.5. The van der Waals surface area contributed by atoms with Crippen molar-refractivity contribution in [2.75, 3.05) is 11.4 Å². The Morgan fingerprint density at radius 1 is 1.04 bits per heavy atom. The number of carbonyl (C=O) groups excluding carboxylic acids is 2. The van der Waals surface area contributed by atoms with Gasteiger partial charge in [0, 0.05) is 11.6 Å². The van der Waals surface area contributed by atoms with E-state index in [9.17, 15) is 9.59 Å². The average molecular weight is 341 g/mol. The monoisotopic (exact) mass is 340 g/mol. The second-order valence-corrected chi connectivity index (χ2v) is 6.60. The highest BCUT2D eigenvalue weighted by molar-refractivity contribution is 6.31. The molecule has 2 aliphatic heterocycles. The molecule has 2 amide bonds. The van der Waals surface area contributed by atoms with E-state index in [4.69, 9.17) is 11.6 Å². The van der Waals surface area contributed by atoms with E-state index in [0.29, 0.717) is 29.4 Å². The van der Waals surface area contributed by atoms with E-state index in [1.54, 1.807) is 15.9 Å². The number of halogens is 1. The molecule has 0 aromatic heterocycles. The Kier molecular flexibility index (Phi) is 3.77. The van der Waals surface area contributed by atoms with Gasteiger partial charge in [-0.1, -0.05) is 41.9 Å². The van der Waals surface area contributed by atoms with Crippen LogP contribution in [0, 0.1) is 0 Å². The van der Waals surface area contributed by atoms with Gasteiger partial charge in [0.2, 0.25) is 5.91 Å². The second kappa shape index (κ2) is 5.95. The maximum absolute atomic E-state index is 13.1. The molecule has 0 saturated carbocycles. The maximum atomic E-state index is 13.1. The Labute approximate surface area is 145 Å². The van der Waals surface area contributed by atoms with Gasteiger partial charge >= 0.3 is 0 Å². The van der Waals surface area contributed by atoms with Crippen LogP contribution < -0.4 is 4.90 Å².